The van der Waals surface area contributed by atoms with Crippen molar-refractivity contribution in [1.82, 2.24) is 33.9 Å². The van der Waals surface area contributed by atoms with E-state index in [4.69, 9.17) is 20.2 Å². The predicted molar refractivity (Wildman–Crippen MR) is 234 cm³/mol. The first-order valence-electron chi connectivity index (χ1n) is 19.6. The third kappa shape index (κ3) is 4.61. The summed E-state index contributed by atoms with van der Waals surface area (Å²) in [5.74, 6) is 3.07. The van der Waals surface area contributed by atoms with Gasteiger partial charge in [-0.25, -0.2) is 9.97 Å². The zero-order chi connectivity index (χ0) is 38.5. The molecule has 0 spiro atoms. The van der Waals surface area contributed by atoms with Gasteiger partial charge < -0.3 is 0 Å². The number of hydrogen-bond acceptors (Lipinski definition) is 4. The quantitative estimate of drug-likeness (QED) is 0.176. The van der Waals surface area contributed by atoms with Crippen LogP contribution < -0.4 is 0 Å². The summed E-state index contributed by atoms with van der Waals surface area (Å²) < 4.78 is 6.68. The molecule has 1 aliphatic carbocycles. The normalized spacial score (nSPS) is 13.1. The summed E-state index contributed by atoms with van der Waals surface area (Å²) >= 11 is 0. The molecule has 0 amide bonds. The summed E-state index contributed by atoms with van der Waals surface area (Å²) in [5.41, 5.74) is 12.2. The van der Waals surface area contributed by atoms with E-state index in [9.17, 15) is 0 Å². The van der Waals surface area contributed by atoms with Crippen LogP contribution in [0, 0.1) is 0 Å². The van der Waals surface area contributed by atoms with Gasteiger partial charge in [0.1, 0.15) is 11.6 Å². The Morgan fingerprint density at radius 1 is 0.397 bits per heavy atom. The number of pyridine rings is 2. The molecule has 6 aromatic carbocycles. The molecule has 0 N–H and O–H groups in total. The van der Waals surface area contributed by atoms with Crippen molar-refractivity contribution in [1.29, 1.82) is 0 Å². The van der Waals surface area contributed by atoms with E-state index in [0.717, 1.165) is 62.2 Å². The third-order valence-electron chi connectivity index (χ3n) is 12.1. The van der Waals surface area contributed by atoms with E-state index < -0.39 is 0 Å². The molecule has 12 rings (SSSR count). The Bertz CT molecular complexity index is 3170. The minimum absolute atomic E-state index is 0.117. The molecule has 5 heterocycles. The number of nitrogens with zero attached hydrogens (tertiary/aromatic N) is 7. The maximum atomic E-state index is 4.99. The van der Waals surface area contributed by atoms with Crippen molar-refractivity contribution in [2.75, 3.05) is 0 Å². The van der Waals surface area contributed by atoms with Crippen LogP contribution in [0.1, 0.15) is 25.0 Å². The number of fused-ring (bicyclic) bond motifs is 9. The summed E-state index contributed by atoms with van der Waals surface area (Å²) in [7, 11) is 0. The molecule has 0 unspecified atom stereocenters. The molecular weight excluding hydrogens is 711 g/mol. The molecule has 0 saturated heterocycles. The average molecular weight is 746 g/mol. The van der Waals surface area contributed by atoms with E-state index >= 15 is 0 Å². The van der Waals surface area contributed by atoms with Crippen LogP contribution in [0.4, 0.5) is 0 Å². The zero-order valence-corrected chi connectivity index (χ0v) is 31.9. The summed E-state index contributed by atoms with van der Waals surface area (Å²) in [6.07, 6.45) is 3.75. The third-order valence-corrected chi connectivity index (χ3v) is 12.1. The van der Waals surface area contributed by atoms with Gasteiger partial charge in [-0.1, -0.05) is 117 Å². The first-order chi connectivity index (χ1) is 28.5. The Morgan fingerprint density at radius 2 is 0.828 bits per heavy atom. The van der Waals surface area contributed by atoms with Crippen molar-refractivity contribution in [3.05, 3.63) is 187 Å². The van der Waals surface area contributed by atoms with E-state index in [1.165, 1.54) is 43.8 Å². The van der Waals surface area contributed by atoms with Crippen molar-refractivity contribution in [2.45, 2.75) is 19.3 Å². The lowest BCUT2D eigenvalue weighted by atomic mass is 9.82. The highest BCUT2D eigenvalue weighted by Gasteiger charge is 2.35. The molecule has 1 aliphatic rings. The second-order valence-corrected chi connectivity index (χ2v) is 15.6. The summed E-state index contributed by atoms with van der Waals surface area (Å²) in [6, 6.07) is 57.9. The Kier molecular flexibility index (Phi) is 6.84. The Hall–Kier alpha value is -7.64. The van der Waals surface area contributed by atoms with Crippen molar-refractivity contribution in [2.24, 2.45) is 0 Å². The predicted octanol–water partition coefficient (Wildman–Crippen LogP) is 11.9. The lowest BCUT2D eigenvalue weighted by molar-refractivity contribution is 0.660. The number of para-hydroxylation sites is 4. The van der Waals surface area contributed by atoms with Gasteiger partial charge in [0.2, 0.25) is 0 Å². The van der Waals surface area contributed by atoms with Gasteiger partial charge in [-0.3, -0.25) is 13.7 Å². The van der Waals surface area contributed by atoms with Gasteiger partial charge in [0.15, 0.2) is 11.6 Å². The Morgan fingerprint density at radius 3 is 1.33 bits per heavy atom. The van der Waals surface area contributed by atoms with Crippen LogP contribution >= 0.6 is 0 Å². The van der Waals surface area contributed by atoms with E-state index in [1.807, 2.05) is 24.5 Å². The number of benzene rings is 6. The summed E-state index contributed by atoms with van der Waals surface area (Å²) in [4.78, 5) is 9.90. The number of aromatic nitrogens is 7. The van der Waals surface area contributed by atoms with Crippen molar-refractivity contribution in [3.63, 3.8) is 0 Å². The first kappa shape index (κ1) is 32.6. The Balaban J connectivity index is 1.08. The fourth-order valence-electron chi connectivity index (χ4n) is 9.45. The van der Waals surface area contributed by atoms with Crippen molar-refractivity contribution < 1.29 is 0 Å². The molecule has 0 bridgehead atoms. The second kappa shape index (κ2) is 12.2. The first-order valence-corrected chi connectivity index (χ1v) is 19.6. The van der Waals surface area contributed by atoms with Crippen LogP contribution in [0.2, 0.25) is 0 Å². The van der Waals surface area contributed by atoms with Crippen LogP contribution in [-0.2, 0) is 5.41 Å². The molecule has 11 aromatic rings. The van der Waals surface area contributed by atoms with Crippen LogP contribution in [-0.4, -0.2) is 33.9 Å². The molecule has 0 aliphatic heterocycles. The van der Waals surface area contributed by atoms with Crippen LogP contribution in [0.5, 0.6) is 0 Å². The molecule has 0 saturated carbocycles. The topological polar surface area (TPSA) is 66.3 Å². The molecule has 274 valence electrons. The standard InChI is InChI=1S/C51H35N7/c1-51(2)41-18-8-3-13-35(41)40-31-34(23-24-42(40)51)56-49(32-25-27-52-47(29-32)57-43-19-9-4-14-36(43)37-15-5-10-20-44(37)57)54-55-50(56)33-26-28-53-48(30-33)58-45-21-11-6-16-38(45)39-17-7-12-22-46(39)58/h3-31H,1-2H3. The van der Waals surface area contributed by atoms with Crippen molar-refractivity contribution in [3.8, 4) is 51.2 Å². The minimum atomic E-state index is -0.117. The van der Waals surface area contributed by atoms with Crippen LogP contribution in [0.15, 0.2) is 176 Å². The summed E-state index contributed by atoms with van der Waals surface area (Å²) in [5, 5.41) is 14.7. The van der Waals surface area contributed by atoms with Crippen LogP contribution in [0.3, 0.4) is 0 Å². The zero-order valence-electron chi connectivity index (χ0n) is 31.9. The Labute approximate surface area is 334 Å². The smallest absolute Gasteiger partial charge is 0.169 e. The van der Waals surface area contributed by atoms with E-state index in [1.54, 1.807) is 0 Å². The maximum absolute atomic E-state index is 4.99. The van der Waals surface area contributed by atoms with E-state index in [2.05, 4.69) is 179 Å². The molecular formula is C51H35N7. The molecule has 5 aromatic heterocycles. The van der Waals surface area contributed by atoms with E-state index in [-0.39, 0.29) is 5.41 Å². The van der Waals surface area contributed by atoms with Gasteiger partial charge in [0.05, 0.1) is 22.1 Å². The molecule has 0 atom stereocenters. The highest BCUT2D eigenvalue weighted by molar-refractivity contribution is 6.10. The lowest BCUT2D eigenvalue weighted by Gasteiger charge is -2.21. The fraction of sp³-hybridized carbons (Fsp3) is 0.0588. The largest absolute Gasteiger partial charge is 0.294 e. The van der Waals surface area contributed by atoms with Gasteiger partial charge in [0.25, 0.3) is 0 Å². The summed E-state index contributed by atoms with van der Waals surface area (Å²) in [6.45, 7) is 4.63. The van der Waals surface area contributed by atoms with Crippen LogP contribution in [0.25, 0.3) is 94.8 Å². The van der Waals surface area contributed by atoms with Crippen molar-refractivity contribution >= 4 is 43.6 Å². The molecule has 7 heteroatoms. The fourth-order valence-corrected chi connectivity index (χ4v) is 9.45. The van der Waals surface area contributed by atoms with Gasteiger partial charge in [-0.2, -0.15) is 0 Å². The van der Waals surface area contributed by atoms with Gasteiger partial charge in [-0.15, -0.1) is 10.2 Å². The minimum Gasteiger partial charge on any atom is -0.294 e. The maximum Gasteiger partial charge on any atom is 0.169 e. The number of hydrogen-bond donors (Lipinski definition) is 0. The SMILES string of the molecule is CC1(C)c2ccccc2-c2cc(-n3c(-c4ccnc(-n5c6ccccc6c6ccccc65)c4)nnc3-c3ccnc(-n4c5ccccc5c5ccccc54)c3)ccc21. The second-order valence-electron chi connectivity index (χ2n) is 15.6. The molecule has 0 radical (unpaired) electrons. The van der Waals surface area contributed by atoms with Gasteiger partial charge in [0, 0.05) is 56.2 Å². The highest BCUT2D eigenvalue weighted by Crippen LogP contribution is 2.49. The van der Waals surface area contributed by atoms with Gasteiger partial charge >= 0.3 is 0 Å². The molecule has 7 nitrogen and oxygen atoms in total. The molecule has 58 heavy (non-hydrogen) atoms. The van der Waals surface area contributed by atoms with Gasteiger partial charge in [-0.05, 0) is 82.9 Å². The average Bonchev–Trinajstić information content (AvgIpc) is 4.02. The van der Waals surface area contributed by atoms with E-state index in [0.29, 0.717) is 0 Å². The lowest BCUT2D eigenvalue weighted by Crippen LogP contribution is -2.14. The monoisotopic (exact) mass is 745 g/mol. The highest BCUT2D eigenvalue weighted by atomic mass is 15.3. The number of rotatable bonds is 5. The molecule has 0 fully saturated rings.